The van der Waals surface area contributed by atoms with Gasteiger partial charge in [-0.1, -0.05) is 0 Å². The van der Waals surface area contributed by atoms with Crippen LogP contribution in [-0.4, -0.2) is 25.5 Å². The highest BCUT2D eigenvalue weighted by Crippen LogP contribution is 2.28. The molecule has 0 radical (unpaired) electrons. The highest BCUT2D eigenvalue weighted by atomic mass is 16.5. The van der Waals surface area contributed by atoms with Gasteiger partial charge >= 0.3 is 0 Å². The minimum atomic E-state index is -0.273. The Morgan fingerprint density at radius 1 is 1.50 bits per heavy atom. The van der Waals surface area contributed by atoms with Crippen molar-refractivity contribution in [3.8, 4) is 5.75 Å². The molecular weight excluding hydrogens is 210 g/mol. The SMILES string of the molecule is CNNC(=O)c1ccc2c(c1)NC(=O)CO2. The first-order valence-electron chi connectivity index (χ1n) is 4.74. The lowest BCUT2D eigenvalue weighted by Crippen LogP contribution is -2.34. The van der Waals surface area contributed by atoms with Gasteiger partial charge in [-0.25, -0.2) is 5.43 Å². The molecule has 1 aliphatic heterocycles. The number of rotatable bonds is 2. The summed E-state index contributed by atoms with van der Waals surface area (Å²) < 4.78 is 5.17. The molecule has 0 aliphatic carbocycles. The Morgan fingerprint density at radius 2 is 2.31 bits per heavy atom. The van der Waals surface area contributed by atoms with Crippen LogP contribution >= 0.6 is 0 Å². The lowest BCUT2D eigenvalue weighted by Gasteiger charge is -2.18. The number of ether oxygens (including phenoxy) is 1. The third-order valence-electron chi connectivity index (χ3n) is 2.11. The molecule has 2 rings (SSSR count). The second kappa shape index (κ2) is 4.19. The zero-order valence-corrected chi connectivity index (χ0v) is 8.66. The number of hydrogen-bond donors (Lipinski definition) is 3. The Balaban J connectivity index is 2.27. The predicted molar refractivity (Wildman–Crippen MR) is 57.1 cm³/mol. The summed E-state index contributed by atoms with van der Waals surface area (Å²) in [6.45, 7) is 0.00899. The highest BCUT2D eigenvalue weighted by molar-refractivity contribution is 5.99. The maximum Gasteiger partial charge on any atom is 0.265 e. The highest BCUT2D eigenvalue weighted by Gasteiger charge is 2.17. The van der Waals surface area contributed by atoms with E-state index in [0.29, 0.717) is 17.0 Å². The van der Waals surface area contributed by atoms with E-state index in [1.807, 2.05) is 0 Å². The van der Waals surface area contributed by atoms with Crippen LogP contribution in [0.1, 0.15) is 10.4 Å². The van der Waals surface area contributed by atoms with E-state index in [2.05, 4.69) is 16.2 Å². The second-order valence-corrected chi connectivity index (χ2v) is 3.25. The van der Waals surface area contributed by atoms with Crippen molar-refractivity contribution >= 4 is 17.5 Å². The van der Waals surface area contributed by atoms with Crippen molar-refractivity contribution in [3.63, 3.8) is 0 Å². The average Bonchev–Trinajstić information content (AvgIpc) is 2.28. The van der Waals surface area contributed by atoms with Crippen LogP contribution in [0.2, 0.25) is 0 Å². The van der Waals surface area contributed by atoms with Gasteiger partial charge in [0, 0.05) is 12.6 Å². The Bertz CT molecular complexity index is 445. The molecule has 3 N–H and O–H groups in total. The van der Waals surface area contributed by atoms with Crippen LogP contribution in [0.4, 0.5) is 5.69 Å². The molecule has 0 atom stereocenters. The van der Waals surface area contributed by atoms with E-state index < -0.39 is 0 Å². The number of fused-ring (bicyclic) bond motifs is 1. The Morgan fingerprint density at radius 3 is 3.06 bits per heavy atom. The van der Waals surface area contributed by atoms with E-state index in [0.717, 1.165) is 0 Å². The molecule has 6 heteroatoms. The van der Waals surface area contributed by atoms with E-state index in [1.165, 1.54) is 0 Å². The van der Waals surface area contributed by atoms with Crippen LogP contribution in [0.3, 0.4) is 0 Å². The van der Waals surface area contributed by atoms with Crippen LogP contribution < -0.4 is 20.9 Å². The molecule has 84 valence electrons. The van der Waals surface area contributed by atoms with Crippen molar-refractivity contribution in [2.45, 2.75) is 0 Å². The second-order valence-electron chi connectivity index (χ2n) is 3.25. The first-order valence-corrected chi connectivity index (χ1v) is 4.74. The smallest absolute Gasteiger partial charge is 0.265 e. The van der Waals surface area contributed by atoms with Crippen molar-refractivity contribution in [2.24, 2.45) is 0 Å². The summed E-state index contributed by atoms with van der Waals surface area (Å²) >= 11 is 0. The molecule has 0 bridgehead atoms. The lowest BCUT2D eigenvalue weighted by atomic mass is 10.1. The van der Waals surface area contributed by atoms with Gasteiger partial charge in [-0.15, -0.1) is 0 Å². The summed E-state index contributed by atoms with van der Waals surface area (Å²) in [5.41, 5.74) is 5.93. The summed E-state index contributed by atoms with van der Waals surface area (Å²) in [7, 11) is 1.60. The van der Waals surface area contributed by atoms with E-state index in [1.54, 1.807) is 25.2 Å². The number of hydrogen-bond acceptors (Lipinski definition) is 4. The Labute approximate surface area is 91.9 Å². The van der Waals surface area contributed by atoms with Gasteiger partial charge in [0.15, 0.2) is 6.61 Å². The van der Waals surface area contributed by atoms with Gasteiger partial charge in [-0.05, 0) is 18.2 Å². The summed E-state index contributed by atoms with van der Waals surface area (Å²) in [6, 6.07) is 4.85. The number of nitrogens with one attached hydrogen (secondary N) is 3. The number of carbonyl (C=O) groups is 2. The van der Waals surface area contributed by atoms with Crippen LogP contribution in [0.15, 0.2) is 18.2 Å². The van der Waals surface area contributed by atoms with Gasteiger partial charge in [0.2, 0.25) is 0 Å². The quantitative estimate of drug-likeness (QED) is 0.608. The molecular formula is C10H11N3O3. The van der Waals surface area contributed by atoms with E-state index in [9.17, 15) is 9.59 Å². The molecule has 0 saturated carbocycles. The third-order valence-corrected chi connectivity index (χ3v) is 2.11. The molecule has 0 unspecified atom stereocenters. The van der Waals surface area contributed by atoms with E-state index in [4.69, 9.17) is 4.74 Å². The zero-order chi connectivity index (χ0) is 11.5. The topological polar surface area (TPSA) is 79.5 Å². The minimum Gasteiger partial charge on any atom is -0.482 e. The van der Waals surface area contributed by atoms with Gasteiger partial charge in [0.05, 0.1) is 5.69 Å². The summed E-state index contributed by atoms with van der Waals surface area (Å²) in [5.74, 6) is 0.0735. The fourth-order valence-electron chi connectivity index (χ4n) is 1.41. The van der Waals surface area contributed by atoms with Crippen molar-refractivity contribution in [1.29, 1.82) is 0 Å². The van der Waals surface area contributed by atoms with Gasteiger partial charge in [0.1, 0.15) is 5.75 Å². The molecule has 1 aromatic rings. The fourth-order valence-corrected chi connectivity index (χ4v) is 1.41. The first-order chi connectivity index (χ1) is 7.70. The third kappa shape index (κ3) is 1.96. The number of amides is 2. The zero-order valence-electron chi connectivity index (χ0n) is 8.66. The van der Waals surface area contributed by atoms with E-state index in [-0.39, 0.29) is 18.4 Å². The molecule has 0 aromatic heterocycles. The number of benzene rings is 1. The van der Waals surface area contributed by atoms with Crippen LogP contribution in [0.25, 0.3) is 0 Å². The van der Waals surface area contributed by atoms with Crippen LogP contribution in [0, 0.1) is 0 Å². The van der Waals surface area contributed by atoms with Crippen molar-refractivity contribution in [1.82, 2.24) is 10.9 Å². The summed E-state index contributed by atoms with van der Waals surface area (Å²) in [5, 5.41) is 2.63. The maximum absolute atomic E-state index is 11.5. The number of hydrazine groups is 1. The van der Waals surface area contributed by atoms with Crippen molar-refractivity contribution in [3.05, 3.63) is 23.8 Å². The fraction of sp³-hybridized carbons (Fsp3) is 0.200. The van der Waals surface area contributed by atoms with Crippen LogP contribution in [0.5, 0.6) is 5.75 Å². The van der Waals surface area contributed by atoms with Gasteiger partial charge in [0.25, 0.3) is 11.8 Å². The predicted octanol–water partition coefficient (Wildman–Crippen LogP) is -0.118. The first kappa shape index (κ1) is 10.4. The normalized spacial score (nSPS) is 13.4. The Kier molecular flexibility index (Phi) is 2.74. The molecule has 16 heavy (non-hydrogen) atoms. The molecule has 2 amide bonds. The molecule has 1 heterocycles. The Hall–Kier alpha value is -2.08. The van der Waals surface area contributed by atoms with Gasteiger partial charge in [-0.2, -0.15) is 0 Å². The monoisotopic (exact) mass is 221 g/mol. The van der Waals surface area contributed by atoms with E-state index >= 15 is 0 Å². The molecule has 1 aliphatic rings. The number of anilines is 1. The van der Waals surface area contributed by atoms with Gasteiger partial charge in [-0.3, -0.25) is 15.0 Å². The molecule has 0 fully saturated rings. The van der Waals surface area contributed by atoms with Gasteiger partial charge < -0.3 is 10.1 Å². The maximum atomic E-state index is 11.5. The average molecular weight is 221 g/mol. The molecule has 0 saturated heterocycles. The molecule has 1 aromatic carbocycles. The molecule has 6 nitrogen and oxygen atoms in total. The van der Waals surface area contributed by atoms with Crippen molar-refractivity contribution in [2.75, 3.05) is 19.0 Å². The largest absolute Gasteiger partial charge is 0.482 e. The summed E-state index contributed by atoms with van der Waals surface area (Å²) in [4.78, 5) is 22.6. The van der Waals surface area contributed by atoms with Crippen molar-refractivity contribution < 1.29 is 14.3 Å². The lowest BCUT2D eigenvalue weighted by molar-refractivity contribution is -0.118. The minimum absolute atomic E-state index is 0.00899. The standard InChI is InChI=1S/C10H11N3O3/c1-11-13-10(15)6-2-3-8-7(4-6)12-9(14)5-16-8/h2-4,11H,5H2,1H3,(H,12,14)(H,13,15). The molecule has 0 spiro atoms. The van der Waals surface area contributed by atoms with Crippen LogP contribution in [-0.2, 0) is 4.79 Å². The summed E-state index contributed by atoms with van der Waals surface area (Å²) in [6.07, 6.45) is 0. The number of carbonyl (C=O) groups excluding carboxylic acids is 2.